The van der Waals surface area contributed by atoms with Crippen LogP contribution in [-0.4, -0.2) is 85.6 Å². The van der Waals surface area contributed by atoms with Gasteiger partial charge in [0.25, 0.3) is 0 Å². The summed E-state index contributed by atoms with van der Waals surface area (Å²) >= 11 is 0. The Hall–Kier alpha value is -1.26. The van der Waals surface area contributed by atoms with Crippen LogP contribution >= 0.6 is 0 Å². The maximum absolute atomic E-state index is 12.4. The van der Waals surface area contributed by atoms with Gasteiger partial charge in [-0.25, -0.2) is 0 Å². The third-order valence-corrected chi connectivity index (χ3v) is 8.43. The quantitative estimate of drug-likeness (QED) is 0.318. The summed E-state index contributed by atoms with van der Waals surface area (Å²) in [6.07, 6.45) is 8.44. The molecule has 4 rings (SSSR count). The number of hydrogen-bond acceptors (Lipinski definition) is 7. The van der Waals surface area contributed by atoms with E-state index in [0.29, 0.717) is 24.3 Å². The number of carbonyl (C=O) groups is 2. The predicted molar refractivity (Wildman–Crippen MR) is 123 cm³/mol. The van der Waals surface area contributed by atoms with Crippen LogP contribution in [0.2, 0.25) is 0 Å². The van der Waals surface area contributed by atoms with Crippen LogP contribution in [0.15, 0.2) is 0 Å². The molecule has 9 nitrogen and oxygen atoms in total. The Morgan fingerprint density at radius 2 is 1.81 bits per heavy atom. The van der Waals surface area contributed by atoms with Crippen LogP contribution in [0.4, 0.5) is 0 Å². The summed E-state index contributed by atoms with van der Waals surface area (Å²) in [4.78, 5) is 25.8. The number of hydrogen-bond donors (Lipinski definition) is 6. The Morgan fingerprint density at radius 1 is 1.06 bits per heavy atom. The summed E-state index contributed by atoms with van der Waals surface area (Å²) in [6, 6.07) is 1.70. The molecule has 2 aliphatic carbocycles. The van der Waals surface area contributed by atoms with Gasteiger partial charge in [0, 0.05) is 43.7 Å². The zero-order chi connectivity index (χ0) is 22.7. The van der Waals surface area contributed by atoms with E-state index in [1.54, 1.807) is 0 Å². The molecule has 32 heavy (non-hydrogen) atoms. The second-order valence-corrected chi connectivity index (χ2v) is 10.4. The SMILES string of the molecule is CNC1CCC(C2CNC3C(NC4CCC(C(=O)NCC(=O)O)C(C)C4)NCCN23)CC1. The highest BCUT2D eigenvalue weighted by Crippen LogP contribution is 2.34. The van der Waals surface area contributed by atoms with E-state index in [9.17, 15) is 9.59 Å². The highest BCUT2D eigenvalue weighted by Gasteiger charge is 2.44. The number of nitrogens with one attached hydrogen (secondary N) is 5. The predicted octanol–water partition coefficient (Wildman–Crippen LogP) is -0.111. The maximum atomic E-state index is 12.4. The molecule has 182 valence electrons. The molecule has 2 saturated heterocycles. The topological polar surface area (TPSA) is 118 Å². The largest absolute Gasteiger partial charge is 0.480 e. The lowest BCUT2D eigenvalue weighted by molar-refractivity contribution is -0.139. The third-order valence-electron chi connectivity index (χ3n) is 8.43. The van der Waals surface area contributed by atoms with E-state index in [4.69, 9.17) is 5.11 Å². The van der Waals surface area contributed by atoms with E-state index in [-0.39, 0.29) is 30.5 Å². The van der Waals surface area contributed by atoms with Crippen molar-refractivity contribution in [2.24, 2.45) is 17.8 Å². The maximum Gasteiger partial charge on any atom is 0.322 e. The number of piperazine rings is 1. The lowest BCUT2D eigenvalue weighted by atomic mass is 9.77. The van der Waals surface area contributed by atoms with Crippen molar-refractivity contribution < 1.29 is 14.7 Å². The average Bonchev–Trinajstić information content (AvgIpc) is 3.23. The van der Waals surface area contributed by atoms with Gasteiger partial charge in [0.1, 0.15) is 6.54 Å². The van der Waals surface area contributed by atoms with Gasteiger partial charge in [0.05, 0.1) is 12.3 Å². The van der Waals surface area contributed by atoms with Gasteiger partial charge in [0.2, 0.25) is 5.91 Å². The third kappa shape index (κ3) is 5.44. The molecule has 0 bridgehead atoms. The van der Waals surface area contributed by atoms with Gasteiger partial charge >= 0.3 is 5.97 Å². The normalized spacial score (nSPS) is 40.6. The van der Waals surface area contributed by atoms with E-state index in [2.05, 4.69) is 45.5 Å². The van der Waals surface area contributed by atoms with Crippen molar-refractivity contribution in [3.63, 3.8) is 0 Å². The van der Waals surface area contributed by atoms with Gasteiger partial charge in [0.15, 0.2) is 0 Å². The number of carboxylic acid groups (broad SMARTS) is 1. The molecule has 4 aliphatic rings. The summed E-state index contributed by atoms with van der Waals surface area (Å²) in [5, 5.41) is 26.2. The minimum atomic E-state index is -0.994. The number of rotatable bonds is 7. The second-order valence-electron chi connectivity index (χ2n) is 10.4. The summed E-state index contributed by atoms with van der Waals surface area (Å²) in [6.45, 7) is 4.99. The number of fused-ring (bicyclic) bond motifs is 1. The first-order valence-electron chi connectivity index (χ1n) is 12.6. The number of aliphatic carboxylic acids is 1. The molecule has 9 heteroatoms. The highest BCUT2D eigenvalue weighted by molar-refractivity contribution is 5.83. The fourth-order valence-electron chi connectivity index (χ4n) is 6.62. The Balaban J connectivity index is 1.27. The van der Waals surface area contributed by atoms with E-state index >= 15 is 0 Å². The molecule has 0 aromatic heterocycles. The van der Waals surface area contributed by atoms with E-state index in [1.165, 1.54) is 25.7 Å². The smallest absolute Gasteiger partial charge is 0.322 e. The van der Waals surface area contributed by atoms with Crippen LogP contribution in [0, 0.1) is 17.8 Å². The van der Waals surface area contributed by atoms with Gasteiger partial charge in [-0.1, -0.05) is 6.92 Å². The van der Waals surface area contributed by atoms with Gasteiger partial charge in [-0.15, -0.1) is 0 Å². The Kier molecular flexibility index (Phi) is 8.04. The molecular weight excluding hydrogens is 408 g/mol. The molecule has 0 aromatic carbocycles. The van der Waals surface area contributed by atoms with Crippen LogP contribution < -0.4 is 26.6 Å². The number of carboxylic acids is 1. The molecule has 6 N–H and O–H groups in total. The van der Waals surface area contributed by atoms with Crippen molar-refractivity contribution in [3.05, 3.63) is 0 Å². The molecule has 0 radical (unpaired) electrons. The molecule has 2 aliphatic heterocycles. The average molecular weight is 451 g/mol. The Morgan fingerprint density at radius 3 is 2.50 bits per heavy atom. The first-order valence-corrected chi connectivity index (χ1v) is 12.6. The molecule has 1 amide bonds. The fourth-order valence-corrected chi connectivity index (χ4v) is 6.62. The molecule has 6 atom stereocenters. The van der Waals surface area contributed by atoms with Crippen molar-refractivity contribution >= 4 is 11.9 Å². The highest BCUT2D eigenvalue weighted by atomic mass is 16.4. The number of carbonyl (C=O) groups excluding carboxylic acids is 1. The summed E-state index contributed by atoms with van der Waals surface area (Å²) < 4.78 is 0. The van der Waals surface area contributed by atoms with Crippen molar-refractivity contribution in [2.75, 3.05) is 33.2 Å². The summed E-state index contributed by atoms with van der Waals surface area (Å²) in [5.74, 6) is -0.178. The summed E-state index contributed by atoms with van der Waals surface area (Å²) in [5.41, 5.74) is 0. The molecule has 2 heterocycles. The van der Waals surface area contributed by atoms with Crippen LogP contribution in [-0.2, 0) is 9.59 Å². The number of amides is 1. The first-order chi connectivity index (χ1) is 15.5. The van der Waals surface area contributed by atoms with Gasteiger partial charge in [-0.05, 0) is 63.8 Å². The lowest BCUT2D eigenvalue weighted by Gasteiger charge is -2.45. The lowest BCUT2D eigenvalue weighted by Crippen LogP contribution is -2.67. The van der Waals surface area contributed by atoms with Crippen LogP contribution in [0.3, 0.4) is 0 Å². The molecule has 6 unspecified atom stereocenters. The molecule has 0 aromatic rings. The van der Waals surface area contributed by atoms with Crippen molar-refractivity contribution in [1.29, 1.82) is 0 Å². The van der Waals surface area contributed by atoms with Crippen LogP contribution in [0.1, 0.15) is 51.9 Å². The van der Waals surface area contributed by atoms with Crippen molar-refractivity contribution in [2.45, 2.75) is 82.3 Å². The van der Waals surface area contributed by atoms with Gasteiger partial charge in [-0.2, -0.15) is 0 Å². The summed E-state index contributed by atoms with van der Waals surface area (Å²) in [7, 11) is 2.08. The minimum Gasteiger partial charge on any atom is -0.480 e. The van der Waals surface area contributed by atoms with E-state index in [0.717, 1.165) is 44.8 Å². The Labute approximate surface area is 191 Å². The number of nitrogens with zero attached hydrogens (tertiary/aromatic N) is 1. The van der Waals surface area contributed by atoms with Crippen molar-refractivity contribution in [3.8, 4) is 0 Å². The molecule has 4 fully saturated rings. The standard InChI is InChI=1S/C23H42N6O3/c1-14-11-17(7-8-18(14)23(32)27-13-20(30)31)28-21-22-26-12-19(29(22)10-9-25-21)15-3-5-16(24-2)6-4-15/h14-19,21-22,24-26,28H,3-13H2,1-2H3,(H,27,32)(H,30,31). The molecule has 2 saturated carbocycles. The molecule has 0 spiro atoms. The molecular formula is C23H42N6O3. The van der Waals surface area contributed by atoms with Gasteiger partial charge < -0.3 is 15.7 Å². The monoisotopic (exact) mass is 450 g/mol. The van der Waals surface area contributed by atoms with E-state index in [1.807, 2.05) is 0 Å². The van der Waals surface area contributed by atoms with Gasteiger partial charge in [-0.3, -0.25) is 30.4 Å². The van der Waals surface area contributed by atoms with Crippen LogP contribution in [0.25, 0.3) is 0 Å². The van der Waals surface area contributed by atoms with Crippen molar-refractivity contribution in [1.82, 2.24) is 31.5 Å². The Bertz CT molecular complexity index is 656. The zero-order valence-corrected chi connectivity index (χ0v) is 19.6. The zero-order valence-electron chi connectivity index (χ0n) is 19.6. The minimum absolute atomic E-state index is 0.0927. The first kappa shape index (κ1) is 23.9. The van der Waals surface area contributed by atoms with Crippen LogP contribution in [0.5, 0.6) is 0 Å². The van der Waals surface area contributed by atoms with E-state index < -0.39 is 5.97 Å². The second kappa shape index (κ2) is 10.8. The fraction of sp³-hybridized carbons (Fsp3) is 0.913.